The predicted molar refractivity (Wildman–Crippen MR) is 70.0 cm³/mol. The molecule has 2 rings (SSSR count). The van der Waals surface area contributed by atoms with Gasteiger partial charge in [-0.2, -0.15) is 0 Å². The van der Waals surface area contributed by atoms with Gasteiger partial charge >= 0.3 is 0 Å². The summed E-state index contributed by atoms with van der Waals surface area (Å²) in [5, 5.41) is 6.18. The fourth-order valence-electron chi connectivity index (χ4n) is 2.39. The minimum atomic E-state index is -0.138. The molecule has 0 spiro atoms. The molecule has 0 aromatic carbocycles. The van der Waals surface area contributed by atoms with Gasteiger partial charge in [0.1, 0.15) is 5.76 Å². The highest BCUT2D eigenvalue weighted by atomic mass is 16.3. The Kier molecular flexibility index (Phi) is 4.81. The molecule has 0 aliphatic heterocycles. The molecule has 1 unspecified atom stereocenters. The second-order valence-corrected chi connectivity index (χ2v) is 5.08. The van der Waals surface area contributed by atoms with Crippen LogP contribution in [-0.4, -0.2) is 18.5 Å². The van der Waals surface area contributed by atoms with Crippen molar-refractivity contribution in [2.75, 3.05) is 6.54 Å². The van der Waals surface area contributed by atoms with Gasteiger partial charge in [0, 0.05) is 0 Å². The zero-order chi connectivity index (χ0) is 12.8. The topological polar surface area (TPSA) is 54.3 Å². The molecular formula is C14H22N2O2. The van der Waals surface area contributed by atoms with E-state index < -0.39 is 0 Å². The number of carbonyl (C=O) groups excluding carboxylic acids is 1. The summed E-state index contributed by atoms with van der Waals surface area (Å²) >= 11 is 0. The van der Waals surface area contributed by atoms with Crippen molar-refractivity contribution in [3.63, 3.8) is 0 Å². The summed E-state index contributed by atoms with van der Waals surface area (Å²) < 4.78 is 5.17. The molecule has 1 aromatic rings. The van der Waals surface area contributed by atoms with Crippen LogP contribution in [0.15, 0.2) is 22.8 Å². The van der Waals surface area contributed by atoms with Gasteiger partial charge in [0.05, 0.1) is 18.8 Å². The molecule has 1 amide bonds. The number of hydrogen-bond donors (Lipinski definition) is 2. The van der Waals surface area contributed by atoms with E-state index in [-0.39, 0.29) is 11.9 Å². The summed E-state index contributed by atoms with van der Waals surface area (Å²) in [7, 11) is 0. The zero-order valence-electron chi connectivity index (χ0n) is 10.9. The number of rotatable bonds is 6. The number of nitrogens with one attached hydrogen (secondary N) is 2. The SMILES string of the molecule is CC(NCC1CCCC1)C(=O)NCc1ccco1. The molecule has 0 bridgehead atoms. The minimum Gasteiger partial charge on any atom is -0.467 e. The summed E-state index contributed by atoms with van der Waals surface area (Å²) in [4.78, 5) is 11.8. The van der Waals surface area contributed by atoms with Gasteiger partial charge in [0.2, 0.25) is 5.91 Å². The number of amides is 1. The Labute approximate surface area is 108 Å². The molecule has 4 nitrogen and oxygen atoms in total. The largest absolute Gasteiger partial charge is 0.467 e. The van der Waals surface area contributed by atoms with Crippen molar-refractivity contribution < 1.29 is 9.21 Å². The van der Waals surface area contributed by atoms with Gasteiger partial charge in [-0.25, -0.2) is 0 Å². The highest BCUT2D eigenvalue weighted by Crippen LogP contribution is 2.23. The van der Waals surface area contributed by atoms with E-state index >= 15 is 0 Å². The Morgan fingerprint density at radius 1 is 1.50 bits per heavy atom. The van der Waals surface area contributed by atoms with Crippen molar-refractivity contribution in [2.45, 2.75) is 45.2 Å². The highest BCUT2D eigenvalue weighted by molar-refractivity contribution is 5.81. The number of furan rings is 1. The van der Waals surface area contributed by atoms with Gasteiger partial charge in [0.15, 0.2) is 0 Å². The van der Waals surface area contributed by atoms with E-state index in [2.05, 4.69) is 10.6 Å². The van der Waals surface area contributed by atoms with Crippen molar-refractivity contribution in [1.82, 2.24) is 10.6 Å². The van der Waals surface area contributed by atoms with E-state index in [9.17, 15) is 4.79 Å². The van der Waals surface area contributed by atoms with Gasteiger partial charge in [-0.05, 0) is 44.4 Å². The van der Waals surface area contributed by atoms with E-state index in [1.54, 1.807) is 6.26 Å². The molecule has 1 fully saturated rings. The predicted octanol–water partition coefficient (Wildman–Crippen LogP) is 2.06. The monoisotopic (exact) mass is 250 g/mol. The Balaban J connectivity index is 1.64. The van der Waals surface area contributed by atoms with Gasteiger partial charge < -0.3 is 15.1 Å². The lowest BCUT2D eigenvalue weighted by Gasteiger charge is -2.16. The lowest BCUT2D eigenvalue weighted by Crippen LogP contribution is -2.43. The van der Waals surface area contributed by atoms with Crippen LogP contribution in [0.2, 0.25) is 0 Å². The summed E-state index contributed by atoms with van der Waals surface area (Å²) in [6.07, 6.45) is 6.89. The van der Waals surface area contributed by atoms with Gasteiger partial charge in [-0.1, -0.05) is 12.8 Å². The summed E-state index contributed by atoms with van der Waals surface area (Å²) in [5.41, 5.74) is 0. The Morgan fingerprint density at radius 3 is 2.94 bits per heavy atom. The third-order valence-corrected chi connectivity index (χ3v) is 3.60. The molecule has 1 heterocycles. The van der Waals surface area contributed by atoms with E-state index in [0.29, 0.717) is 6.54 Å². The zero-order valence-corrected chi connectivity index (χ0v) is 10.9. The average molecular weight is 250 g/mol. The van der Waals surface area contributed by atoms with Crippen molar-refractivity contribution in [1.29, 1.82) is 0 Å². The Morgan fingerprint density at radius 2 is 2.28 bits per heavy atom. The first-order chi connectivity index (χ1) is 8.75. The van der Waals surface area contributed by atoms with E-state index in [4.69, 9.17) is 4.42 Å². The Bertz CT molecular complexity index is 356. The normalized spacial score (nSPS) is 17.8. The van der Waals surface area contributed by atoms with Crippen LogP contribution in [0.4, 0.5) is 0 Å². The van der Waals surface area contributed by atoms with Crippen LogP contribution in [0.3, 0.4) is 0 Å². The van der Waals surface area contributed by atoms with E-state index in [0.717, 1.165) is 18.2 Å². The molecule has 1 aliphatic rings. The van der Waals surface area contributed by atoms with Crippen molar-refractivity contribution in [2.24, 2.45) is 5.92 Å². The lowest BCUT2D eigenvalue weighted by molar-refractivity contribution is -0.123. The van der Waals surface area contributed by atoms with Crippen LogP contribution in [-0.2, 0) is 11.3 Å². The smallest absolute Gasteiger partial charge is 0.237 e. The maximum absolute atomic E-state index is 11.8. The summed E-state index contributed by atoms with van der Waals surface area (Å²) in [6, 6.07) is 3.54. The van der Waals surface area contributed by atoms with Crippen LogP contribution >= 0.6 is 0 Å². The van der Waals surface area contributed by atoms with E-state index in [1.165, 1.54) is 25.7 Å². The van der Waals surface area contributed by atoms with Crippen LogP contribution in [0.1, 0.15) is 38.4 Å². The molecule has 1 aromatic heterocycles. The molecular weight excluding hydrogens is 228 g/mol. The van der Waals surface area contributed by atoms with Crippen molar-refractivity contribution >= 4 is 5.91 Å². The second-order valence-electron chi connectivity index (χ2n) is 5.08. The number of hydrogen-bond acceptors (Lipinski definition) is 3. The molecule has 0 saturated heterocycles. The molecule has 100 valence electrons. The molecule has 1 saturated carbocycles. The third-order valence-electron chi connectivity index (χ3n) is 3.60. The van der Waals surface area contributed by atoms with Gasteiger partial charge in [0.25, 0.3) is 0 Å². The lowest BCUT2D eigenvalue weighted by atomic mass is 10.1. The first-order valence-electron chi connectivity index (χ1n) is 6.79. The molecule has 0 radical (unpaired) electrons. The first kappa shape index (κ1) is 13.1. The molecule has 2 N–H and O–H groups in total. The quantitative estimate of drug-likeness (QED) is 0.812. The minimum absolute atomic E-state index is 0.0318. The van der Waals surface area contributed by atoms with Crippen LogP contribution in [0.5, 0.6) is 0 Å². The maximum atomic E-state index is 11.8. The Hall–Kier alpha value is -1.29. The molecule has 4 heteroatoms. The molecule has 1 atom stereocenters. The standard InChI is InChI=1S/C14H22N2O2/c1-11(15-9-12-5-2-3-6-12)14(17)16-10-13-7-4-8-18-13/h4,7-8,11-12,15H,2-3,5-6,9-10H2,1H3,(H,16,17). The van der Waals surface area contributed by atoms with Crippen molar-refractivity contribution in [3.05, 3.63) is 24.2 Å². The van der Waals surface area contributed by atoms with Crippen LogP contribution in [0, 0.1) is 5.92 Å². The average Bonchev–Trinajstić information content (AvgIpc) is 3.05. The first-order valence-corrected chi connectivity index (χ1v) is 6.79. The third kappa shape index (κ3) is 3.88. The maximum Gasteiger partial charge on any atom is 0.237 e. The van der Waals surface area contributed by atoms with Crippen LogP contribution < -0.4 is 10.6 Å². The summed E-state index contributed by atoms with van der Waals surface area (Å²) in [6.45, 7) is 3.32. The van der Waals surface area contributed by atoms with Gasteiger partial charge in [-0.3, -0.25) is 4.79 Å². The summed E-state index contributed by atoms with van der Waals surface area (Å²) in [5.74, 6) is 1.57. The van der Waals surface area contributed by atoms with E-state index in [1.807, 2.05) is 19.1 Å². The highest BCUT2D eigenvalue weighted by Gasteiger charge is 2.18. The molecule has 1 aliphatic carbocycles. The second kappa shape index (κ2) is 6.59. The fourth-order valence-corrected chi connectivity index (χ4v) is 2.39. The molecule has 18 heavy (non-hydrogen) atoms. The van der Waals surface area contributed by atoms with Crippen molar-refractivity contribution in [3.8, 4) is 0 Å². The van der Waals surface area contributed by atoms with Crippen LogP contribution in [0.25, 0.3) is 0 Å². The fraction of sp³-hybridized carbons (Fsp3) is 0.643. The van der Waals surface area contributed by atoms with Gasteiger partial charge in [-0.15, -0.1) is 0 Å². The number of carbonyl (C=O) groups is 1.